The van der Waals surface area contributed by atoms with Gasteiger partial charge in [-0.1, -0.05) is 5.16 Å². The van der Waals surface area contributed by atoms with Gasteiger partial charge < -0.3 is 4.52 Å². The first-order chi connectivity index (χ1) is 13.0. The highest BCUT2D eigenvalue weighted by Crippen LogP contribution is 2.27. The maximum Gasteiger partial charge on any atom is 0.223 e. The topological polar surface area (TPSA) is 60.0 Å². The summed E-state index contributed by atoms with van der Waals surface area (Å²) in [5.74, 6) is 1.40. The van der Waals surface area contributed by atoms with Crippen LogP contribution in [0.2, 0.25) is 0 Å². The molecular formula is C20H24FN5O. The Labute approximate surface area is 158 Å². The van der Waals surface area contributed by atoms with Crippen molar-refractivity contribution in [3.63, 3.8) is 0 Å². The number of hydrogen-bond acceptors (Lipinski definition) is 5. The van der Waals surface area contributed by atoms with E-state index in [-0.39, 0.29) is 11.7 Å². The molecule has 0 bridgehead atoms. The van der Waals surface area contributed by atoms with Crippen molar-refractivity contribution in [2.75, 3.05) is 13.1 Å². The van der Waals surface area contributed by atoms with Gasteiger partial charge in [0.05, 0.1) is 11.4 Å². The van der Waals surface area contributed by atoms with Gasteiger partial charge in [-0.2, -0.15) is 10.1 Å². The molecule has 1 aromatic carbocycles. The average molecular weight is 369 g/mol. The Morgan fingerprint density at radius 2 is 2.07 bits per heavy atom. The van der Waals surface area contributed by atoms with E-state index in [4.69, 9.17) is 4.52 Å². The number of aryl methyl sites for hydroxylation is 3. The predicted molar refractivity (Wildman–Crippen MR) is 99.3 cm³/mol. The van der Waals surface area contributed by atoms with E-state index in [0.717, 1.165) is 54.4 Å². The molecule has 0 radical (unpaired) electrons. The van der Waals surface area contributed by atoms with Crippen molar-refractivity contribution in [3.8, 4) is 5.69 Å². The first kappa shape index (κ1) is 17.9. The third kappa shape index (κ3) is 3.78. The molecule has 0 spiro atoms. The zero-order chi connectivity index (χ0) is 19.0. The second-order valence-electron chi connectivity index (χ2n) is 7.36. The van der Waals surface area contributed by atoms with Gasteiger partial charge in [-0.25, -0.2) is 9.07 Å². The number of hydrogen-bond donors (Lipinski definition) is 0. The van der Waals surface area contributed by atoms with Gasteiger partial charge in [0.1, 0.15) is 5.82 Å². The van der Waals surface area contributed by atoms with Crippen LogP contribution in [0.25, 0.3) is 5.69 Å². The minimum Gasteiger partial charge on any atom is -0.340 e. The monoisotopic (exact) mass is 369 g/mol. The van der Waals surface area contributed by atoms with E-state index in [2.05, 4.69) is 20.1 Å². The summed E-state index contributed by atoms with van der Waals surface area (Å²) in [6.45, 7) is 8.27. The zero-order valence-corrected chi connectivity index (χ0v) is 15.9. The number of piperidine rings is 1. The highest BCUT2D eigenvalue weighted by Gasteiger charge is 2.26. The van der Waals surface area contributed by atoms with Crippen molar-refractivity contribution in [1.82, 2.24) is 24.8 Å². The van der Waals surface area contributed by atoms with E-state index >= 15 is 0 Å². The van der Waals surface area contributed by atoms with Crippen LogP contribution in [0.15, 0.2) is 28.8 Å². The Morgan fingerprint density at radius 1 is 1.22 bits per heavy atom. The summed E-state index contributed by atoms with van der Waals surface area (Å²) in [5, 5.41) is 8.66. The normalized spacial score (nSPS) is 18.1. The fourth-order valence-corrected chi connectivity index (χ4v) is 3.89. The van der Waals surface area contributed by atoms with Crippen LogP contribution in [0.5, 0.6) is 0 Å². The van der Waals surface area contributed by atoms with E-state index < -0.39 is 0 Å². The molecular weight excluding hydrogens is 345 g/mol. The molecule has 6 nitrogen and oxygen atoms in total. The number of aromatic nitrogens is 4. The molecule has 4 rings (SSSR count). The molecule has 1 saturated heterocycles. The van der Waals surface area contributed by atoms with Gasteiger partial charge in [0, 0.05) is 31.6 Å². The van der Waals surface area contributed by atoms with Gasteiger partial charge in [0.2, 0.25) is 5.89 Å². The second-order valence-corrected chi connectivity index (χ2v) is 7.36. The number of rotatable bonds is 4. The molecule has 3 aromatic rings. The first-order valence-electron chi connectivity index (χ1n) is 9.34. The van der Waals surface area contributed by atoms with Gasteiger partial charge in [-0.15, -0.1) is 0 Å². The molecule has 0 amide bonds. The minimum absolute atomic E-state index is 0.224. The van der Waals surface area contributed by atoms with Crippen molar-refractivity contribution >= 4 is 0 Å². The number of benzene rings is 1. The first-order valence-corrected chi connectivity index (χ1v) is 9.34. The fourth-order valence-electron chi connectivity index (χ4n) is 3.89. The molecule has 0 aliphatic carbocycles. The molecule has 1 aliphatic rings. The molecule has 2 aromatic heterocycles. The van der Waals surface area contributed by atoms with Crippen molar-refractivity contribution in [2.24, 2.45) is 0 Å². The fraction of sp³-hybridized carbons (Fsp3) is 0.450. The summed E-state index contributed by atoms with van der Waals surface area (Å²) in [4.78, 5) is 6.73. The lowest BCUT2D eigenvalue weighted by atomic mass is 9.96. The lowest BCUT2D eigenvalue weighted by Crippen LogP contribution is -2.34. The smallest absolute Gasteiger partial charge is 0.223 e. The van der Waals surface area contributed by atoms with Crippen LogP contribution in [0, 0.1) is 26.6 Å². The molecule has 0 unspecified atom stereocenters. The Kier molecular flexibility index (Phi) is 4.78. The minimum atomic E-state index is -0.224. The maximum atomic E-state index is 14.0. The highest BCUT2D eigenvalue weighted by atomic mass is 19.1. The summed E-state index contributed by atoms with van der Waals surface area (Å²) in [6.07, 6.45) is 2.10. The summed E-state index contributed by atoms with van der Waals surface area (Å²) in [5.41, 5.74) is 3.86. The molecule has 1 aliphatic heterocycles. The molecule has 3 heterocycles. The van der Waals surface area contributed by atoms with E-state index in [1.807, 2.05) is 37.6 Å². The van der Waals surface area contributed by atoms with Crippen LogP contribution < -0.4 is 0 Å². The van der Waals surface area contributed by atoms with Crippen LogP contribution in [0.4, 0.5) is 4.39 Å². The maximum absolute atomic E-state index is 14.0. The molecule has 27 heavy (non-hydrogen) atoms. The van der Waals surface area contributed by atoms with E-state index in [0.29, 0.717) is 12.4 Å². The predicted octanol–water partition coefficient (Wildman–Crippen LogP) is 3.70. The second kappa shape index (κ2) is 7.23. The Morgan fingerprint density at radius 3 is 2.78 bits per heavy atom. The lowest BCUT2D eigenvalue weighted by Gasteiger charge is -2.31. The molecule has 0 N–H and O–H groups in total. The third-order valence-corrected chi connectivity index (χ3v) is 5.09. The van der Waals surface area contributed by atoms with Gasteiger partial charge in [-0.3, -0.25) is 4.90 Å². The largest absolute Gasteiger partial charge is 0.340 e. The van der Waals surface area contributed by atoms with Gasteiger partial charge in [-0.05, 0) is 63.1 Å². The standard InChI is InChI=1S/C20H24FN5O/c1-13-9-14(2)26(23-13)19-7-6-18(21)10-17(19)12-25-8-4-5-16(11-25)20-22-15(3)27-24-20/h6-7,9-10,16H,4-5,8,11-12H2,1-3H3/t16-/m0/s1. The van der Waals surface area contributed by atoms with Gasteiger partial charge >= 0.3 is 0 Å². The number of nitrogens with zero attached hydrogens (tertiary/aromatic N) is 5. The van der Waals surface area contributed by atoms with Crippen LogP contribution in [0.1, 0.15) is 47.4 Å². The molecule has 1 fully saturated rings. The molecule has 1 atom stereocenters. The molecule has 0 saturated carbocycles. The van der Waals surface area contributed by atoms with E-state index in [1.165, 1.54) is 6.07 Å². The third-order valence-electron chi connectivity index (χ3n) is 5.09. The van der Waals surface area contributed by atoms with Crippen LogP contribution in [0.3, 0.4) is 0 Å². The van der Waals surface area contributed by atoms with Crippen LogP contribution in [-0.4, -0.2) is 37.9 Å². The Bertz CT molecular complexity index is 948. The van der Waals surface area contributed by atoms with Crippen LogP contribution >= 0.6 is 0 Å². The number of likely N-dealkylation sites (tertiary alicyclic amines) is 1. The average Bonchev–Trinajstić information content (AvgIpc) is 3.20. The summed E-state index contributed by atoms with van der Waals surface area (Å²) in [7, 11) is 0. The molecule has 7 heteroatoms. The summed E-state index contributed by atoms with van der Waals surface area (Å²) in [6, 6.07) is 6.96. The van der Waals surface area contributed by atoms with Crippen molar-refractivity contribution < 1.29 is 8.91 Å². The quantitative estimate of drug-likeness (QED) is 0.702. The van der Waals surface area contributed by atoms with Gasteiger partial charge in [0.15, 0.2) is 5.82 Å². The summed E-state index contributed by atoms with van der Waals surface area (Å²) >= 11 is 0. The number of halogens is 1. The Hall–Kier alpha value is -2.54. The van der Waals surface area contributed by atoms with E-state index in [9.17, 15) is 4.39 Å². The molecule has 142 valence electrons. The van der Waals surface area contributed by atoms with E-state index in [1.54, 1.807) is 6.07 Å². The zero-order valence-electron chi connectivity index (χ0n) is 15.9. The summed E-state index contributed by atoms with van der Waals surface area (Å²) < 4.78 is 21.0. The highest BCUT2D eigenvalue weighted by molar-refractivity contribution is 5.42. The van der Waals surface area contributed by atoms with Crippen LogP contribution in [-0.2, 0) is 6.54 Å². The van der Waals surface area contributed by atoms with Crippen molar-refractivity contribution in [2.45, 2.75) is 46.1 Å². The Balaban J connectivity index is 1.58. The van der Waals surface area contributed by atoms with Crippen molar-refractivity contribution in [3.05, 3.63) is 58.7 Å². The van der Waals surface area contributed by atoms with Crippen molar-refractivity contribution in [1.29, 1.82) is 0 Å². The SMILES string of the molecule is Cc1cc(C)n(-c2ccc(F)cc2CN2CCC[C@H](c3noc(C)n3)C2)n1. The van der Waals surface area contributed by atoms with Gasteiger partial charge in [0.25, 0.3) is 0 Å². The lowest BCUT2D eigenvalue weighted by molar-refractivity contribution is 0.194.